The van der Waals surface area contributed by atoms with Crippen molar-refractivity contribution in [3.63, 3.8) is 0 Å². The zero-order valence-electron chi connectivity index (χ0n) is 12.3. The molecular weight excluding hydrogens is 329 g/mol. The van der Waals surface area contributed by atoms with Gasteiger partial charge in [0.1, 0.15) is 0 Å². The van der Waals surface area contributed by atoms with E-state index in [1.807, 2.05) is 0 Å². The molecule has 0 heterocycles. The van der Waals surface area contributed by atoms with Gasteiger partial charge in [0.05, 0.1) is 0 Å². The molecule has 0 saturated heterocycles. The number of hydrogen-bond donors (Lipinski definition) is 2. The van der Waals surface area contributed by atoms with Crippen molar-refractivity contribution >= 4 is 35.9 Å². The molecule has 1 nitrogen and oxygen atoms in total. The molecule has 0 N–H and O–H groups in total. The molecule has 0 aliphatic rings. The van der Waals surface area contributed by atoms with Gasteiger partial charge in [0, 0.05) is 40.2 Å². The second-order valence-electron chi connectivity index (χ2n) is 4.76. The molecule has 0 aliphatic heterocycles. The van der Waals surface area contributed by atoms with Gasteiger partial charge in [-0.3, -0.25) is 0 Å². The Kier molecular flexibility index (Phi) is 11.6. The normalized spacial score (nSPS) is 11.1. The van der Waals surface area contributed by atoms with E-state index in [-0.39, 0.29) is 16.5 Å². The van der Waals surface area contributed by atoms with E-state index in [2.05, 4.69) is 68.3 Å². The fourth-order valence-electron chi connectivity index (χ4n) is 1.99. The summed E-state index contributed by atoms with van der Waals surface area (Å²) < 4.78 is 0. The number of benzene rings is 1. The molecule has 0 saturated carbocycles. The molecule has 0 spiro atoms. The summed E-state index contributed by atoms with van der Waals surface area (Å²) in [6, 6.07) is 8.62. The first-order chi connectivity index (χ1) is 9.22. The standard InChI is InChI=1S/C16H25NS2.Ni/c1-3-5-11-17(12-6-4-2)15-9-7-14(8-10-15)16(19)13-18;/h7-10,13,18-19H,3-6,11-12H2,1-2H3;/b16-13+;. The fraction of sp³-hybridized carbons (Fsp3) is 0.500. The number of nitrogens with zero attached hydrogens (tertiary/aromatic N) is 1. The Labute approximate surface area is 145 Å². The van der Waals surface area contributed by atoms with Gasteiger partial charge in [-0.2, -0.15) is 12.6 Å². The summed E-state index contributed by atoms with van der Waals surface area (Å²) in [5.74, 6) is 0. The van der Waals surface area contributed by atoms with Crippen LogP contribution in [0.5, 0.6) is 0 Å². The fourth-order valence-corrected chi connectivity index (χ4v) is 2.28. The summed E-state index contributed by atoms with van der Waals surface area (Å²) in [5, 5.41) is 1.73. The van der Waals surface area contributed by atoms with Gasteiger partial charge in [-0.15, -0.1) is 12.6 Å². The van der Waals surface area contributed by atoms with Crippen molar-refractivity contribution in [2.75, 3.05) is 18.0 Å². The quantitative estimate of drug-likeness (QED) is 0.477. The SMILES string of the molecule is CCCCN(CCCC)c1ccc(/C(S)=C\S)cc1.[Ni]. The van der Waals surface area contributed by atoms with E-state index in [1.165, 1.54) is 31.4 Å². The van der Waals surface area contributed by atoms with Crippen molar-refractivity contribution in [1.29, 1.82) is 0 Å². The van der Waals surface area contributed by atoms with Gasteiger partial charge >= 0.3 is 0 Å². The van der Waals surface area contributed by atoms with Crippen LogP contribution in [0.15, 0.2) is 29.7 Å². The van der Waals surface area contributed by atoms with Crippen molar-refractivity contribution in [2.24, 2.45) is 0 Å². The minimum atomic E-state index is 0. The molecule has 116 valence electrons. The van der Waals surface area contributed by atoms with Crippen LogP contribution in [-0.4, -0.2) is 13.1 Å². The number of unbranched alkanes of at least 4 members (excludes halogenated alkanes) is 2. The minimum absolute atomic E-state index is 0. The topological polar surface area (TPSA) is 3.24 Å². The minimum Gasteiger partial charge on any atom is -0.372 e. The van der Waals surface area contributed by atoms with E-state index in [0.29, 0.717) is 0 Å². The van der Waals surface area contributed by atoms with Crippen molar-refractivity contribution < 1.29 is 16.5 Å². The van der Waals surface area contributed by atoms with Gasteiger partial charge in [0.15, 0.2) is 0 Å². The predicted molar refractivity (Wildman–Crippen MR) is 94.4 cm³/mol. The number of anilines is 1. The molecule has 1 aromatic rings. The zero-order valence-corrected chi connectivity index (χ0v) is 15.1. The van der Waals surface area contributed by atoms with E-state index in [1.54, 1.807) is 5.41 Å². The summed E-state index contributed by atoms with van der Waals surface area (Å²) in [7, 11) is 0. The molecule has 0 radical (unpaired) electrons. The molecule has 0 bridgehead atoms. The van der Waals surface area contributed by atoms with Crippen LogP contribution in [0.2, 0.25) is 0 Å². The summed E-state index contributed by atoms with van der Waals surface area (Å²) in [6.45, 7) is 6.77. The molecule has 4 heteroatoms. The van der Waals surface area contributed by atoms with E-state index in [0.717, 1.165) is 23.6 Å². The van der Waals surface area contributed by atoms with Gasteiger partial charge < -0.3 is 4.90 Å². The third kappa shape index (κ3) is 6.60. The van der Waals surface area contributed by atoms with E-state index in [9.17, 15) is 0 Å². The van der Waals surface area contributed by atoms with E-state index >= 15 is 0 Å². The summed E-state index contributed by atoms with van der Waals surface area (Å²) in [4.78, 5) is 3.39. The molecule has 20 heavy (non-hydrogen) atoms. The first-order valence-corrected chi connectivity index (χ1v) is 8.08. The Balaban J connectivity index is 0.00000361. The molecule has 1 aromatic carbocycles. The Hall–Kier alpha value is -0.0465. The zero-order chi connectivity index (χ0) is 14.1. The maximum atomic E-state index is 4.39. The van der Waals surface area contributed by atoms with Crippen LogP contribution in [0, 0.1) is 0 Å². The molecule has 1 rings (SSSR count). The molecule has 0 aromatic heterocycles. The number of hydrogen-bond acceptors (Lipinski definition) is 3. The summed E-state index contributed by atoms with van der Waals surface area (Å²) in [5.41, 5.74) is 2.43. The van der Waals surface area contributed by atoms with Crippen molar-refractivity contribution in [1.82, 2.24) is 0 Å². The molecule has 0 fully saturated rings. The molecule has 0 atom stereocenters. The Morgan fingerprint density at radius 1 is 1.05 bits per heavy atom. The van der Waals surface area contributed by atoms with Crippen LogP contribution in [-0.2, 0) is 16.5 Å². The average molecular weight is 354 g/mol. The molecule has 0 amide bonds. The maximum absolute atomic E-state index is 4.39. The van der Waals surface area contributed by atoms with Gasteiger partial charge in [-0.25, -0.2) is 0 Å². The van der Waals surface area contributed by atoms with Crippen LogP contribution >= 0.6 is 25.3 Å². The van der Waals surface area contributed by atoms with Crippen molar-refractivity contribution in [3.8, 4) is 0 Å². The van der Waals surface area contributed by atoms with Gasteiger partial charge in [0.2, 0.25) is 0 Å². The van der Waals surface area contributed by atoms with Gasteiger partial charge in [-0.05, 0) is 35.9 Å². The first-order valence-electron chi connectivity index (χ1n) is 7.11. The Bertz CT molecular complexity index is 382. The van der Waals surface area contributed by atoms with Crippen LogP contribution < -0.4 is 4.90 Å². The van der Waals surface area contributed by atoms with Crippen molar-refractivity contribution in [2.45, 2.75) is 39.5 Å². The Morgan fingerprint density at radius 3 is 1.95 bits per heavy atom. The summed E-state index contributed by atoms with van der Waals surface area (Å²) in [6.07, 6.45) is 4.98. The van der Waals surface area contributed by atoms with Crippen molar-refractivity contribution in [3.05, 3.63) is 35.2 Å². The first kappa shape index (κ1) is 20.0. The summed E-state index contributed by atoms with van der Waals surface area (Å²) >= 11 is 8.53. The van der Waals surface area contributed by atoms with Crippen LogP contribution in [0.25, 0.3) is 4.91 Å². The molecular formula is C16H25NNiS2. The van der Waals surface area contributed by atoms with Crippen LogP contribution in [0.3, 0.4) is 0 Å². The third-order valence-electron chi connectivity index (χ3n) is 3.21. The predicted octanol–water partition coefficient (Wildman–Crippen LogP) is 5.25. The second-order valence-corrected chi connectivity index (χ2v) is 5.50. The Morgan fingerprint density at radius 2 is 1.55 bits per heavy atom. The van der Waals surface area contributed by atoms with Crippen LogP contribution in [0.1, 0.15) is 45.1 Å². The monoisotopic (exact) mass is 353 g/mol. The van der Waals surface area contributed by atoms with Gasteiger partial charge in [0.25, 0.3) is 0 Å². The maximum Gasteiger partial charge on any atom is 0.0366 e. The van der Waals surface area contributed by atoms with E-state index < -0.39 is 0 Å². The molecule has 0 unspecified atom stereocenters. The smallest absolute Gasteiger partial charge is 0.0366 e. The largest absolute Gasteiger partial charge is 0.372 e. The number of thiol groups is 2. The molecule has 0 aliphatic carbocycles. The van der Waals surface area contributed by atoms with E-state index in [4.69, 9.17) is 0 Å². The third-order valence-corrected chi connectivity index (χ3v) is 4.06. The average Bonchev–Trinajstić information content (AvgIpc) is 2.47. The van der Waals surface area contributed by atoms with Gasteiger partial charge in [-0.1, -0.05) is 38.8 Å². The van der Waals surface area contributed by atoms with Crippen LogP contribution in [0.4, 0.5) is 5.69 Å². The second kappa shape index (κ2) is 11.6. The number of rotatable bonds is 8.